The number of aliphatic hydroxyl groups excluding tert-OH is 1. The molecule has 0 aliphatic heterocycles. The molecule has 0 aliphatic carbocycles. The van der Waals surface area contributed by atoms with Gasteiger partial charge >= 0.3 is 6.18 Å². The van der Waals surface area contributed by atoms with Gasteiger partial charge in [0.05, 0.1) is 5.56 Å². The first-order valence-corrected chi connectivity index (χ1v) is 7.19. The van der Waals surface area contributed by atoms with Crippen molar-refractivity contribution in [2.24, 2.45) is 0 Å². The van der Waals surface area contributed by atoms with E-state index in [0.29, 0.717) is 12.4 Å². The third-order valence-electron chi connectivity index (χ3n) is 3.07. The van der Waals surface area contributed by atoms with Crippen molar-refractivity contribution in [3.05, 3.63) is 52.0 Å². The number of aromatic nitrogens is 2. The van der Waals surface area contributed by atoms with Crippen LogP contribution >= 0.6 is 15.9 Å². The average molecular weight is 363 g/mol. The number of rotatable bonds is 4. The van der Waals surface area contributed by atoms with Gasteiger partial charge in [-0.25, -0.2) is 4.98 Å². The van der Waals surface area contributed by atoms with E-state index in [9.17, 15) is 18.3 Å². The van der Waals surface area contributed by atoms with Crippen molar-refractivity contribution >= 4 is 15.9 Å². The van der Waals surface area contributed by atoms with Crippen LogP contribution in [-0.2, 0) is 12.7 Å². The summed E-state index contributed by atoms with van der Waals surface area (Å²) in [5.41, 5.74) is -0.651. The molecule has 0 saturated heterocycles. The lowest BCUT2D eigenvalue weighted by Gasteiger charge is -2.16. The first-order valence-electron chi connectivity index (χ1n) is 6.40. The quantitative estimate of drug-likeness (QED) is 0.886. The average Bonchev–Trinajstić information content (AvgIpc) is 2.86. The van der Waals surface area contributed by atoms with E-state index in [1.54, 1.807) is 10.8 Å². The van der Waals surface area contributed by atoms with Crippen LogP contribution < -0.4 is 0 Å². The van der Waals surface area contributed by atoms with Crippen molar-refractivity contribution in [3.63, 3.8) is 0 Å². The van der Waals surface area contributed by atoms with Crippen LogP contribution in [0.15, 0.2) is 35.1 Å². The predicted octanol–water partition coefficient (Wildman–Crippen LogP) is 4.16. The van der Waals surface area contributed by atoms with Crippen molar-refractivity contribution in [1.29, 1.82) is 0 Å². The molecule has 1 heterocycles. The zero-order chi connectivity index (χ0) is 15.6. The summed E-state index contributed by atoms with van der Waals surface area (Å²) in [6.45, 7) is 2.62. The van der Waals surface area contributed by atoms with E-state index in [1.807, 2.05) is 6.92 Å². The molecule has 7 heteroatoms. The highest BCUT2D eigenvalue weighted by atomic mass is 79.9. The monoisotopic (exact) mass is 362 g/mol. The number of aryl methyl sites for hydroxylation is 1. The summed E-state index contributed by atoms with van der Waals surface area (Å²) in [5.74, 6) is 0.340. The lowest BCUT2D eigenvalue weighted by molar-refractivity contribution is -0.138. The fourth-order valence-electron chi connectivity index (χ4n) is 2.08. The second kappa shape index (κ2) is 6.19. The third-order valence-corrected chi connectivity index (χ3v) is 3.76. The van der Waals surface area contributed by atoms with Gasteiger partial charge in [-0.05, 0) is 24.1 Å². The van der Waals surface area contributed by atoms with Gasteiger partial charge in [-0.3, -0.25) is 0 Å². The number of imidazole rings is 1. The summed E-state index contributed by atoms with van der Waals surface area (Å²) in [4.78, 5) is 4.05. The zero-order valence-corrected chi connectivity index (χ0v) is 12.8. The second-order valence-electron chi connectivity index (χ2n) is 4.62. The summed E-state index contributed by atoms with van der Waals surface area (Å²) in [7, 11) is 0. The molecule has 1 atom stereocenters. The molecule has 1 aromatic heterocycles. The van der Waals surface area contributed by atoms with Crippen molar-refractivity contribution in [2.45, 2.75) is 32.2 Å². The Labute approximate surface area is 128 Å². The maximum absolute atomic E-state index is 12.9. The molecule has 1 N–H and O–H groups in total. The summed E-state index contributed by atoms with van der Waals surface area (Å²) in [6.07, 6.45) is -1.61. The molecule has 2 rings (SSSR count). The Kier molecular flexibility index (Phi) is 4.73. The highest BCUT2D eigenvalue weighted by Gasteiger charge is 2.34. The minimum absolute atomic E-state index is 0.0529. The summed E-state index contributed by atoms with van der Waals surface area (Å²) >= 11 is 2.88. The SMILES string of the molecule is CCCn1ccnc1C(O)c1ccc(Br)c(C(F)(F)F)c1. The van der Waals surface area contributed by atoms with E-state index < -0.39 is 17.8 Å². The molecular formula is C14H14BrF3N2O. The van der Waals surface area contributed by atoms with Crippen LogP contribution in [0.4, 0.5) is 13.2 Å². The molecule has 0 radical (unpaired) electrons. The number of hydrogen-bond acceptors (Lipinski definition) is 2. The van der Waals surface area contributed by atoms with Gasteiger partial charge in [-0.1, -0.05) is 28.9 Å². The topological polar surface area (TPSA) is 38.0 Å². The Morgan fingerprint density at radius 1 is 1.38 bits per heavy atom. The van der Waals surface area contributed by atoms with Gasteiger partial charge in [-0.2, -0.15) is 13.2 Å². The van der Waals surface area contributed by atoms with Gasteiger partial charge in [0.25, 0.3) is 0 Å². The zero-order valence-electron chi connectivity index (χ0n) is 11.2. The molecular weight excluding hydrogens is 349 g/mol. The van der Waals surface area contributed by atoms with Gasteiger partial charge in [0.1, 0.15) is 11.9 Å². The molecule has 3 nitrogen and oxygen atoms in total. The van der Waals surface area contributed by atoms with Crippen LogP contribution in [0.25, 0.3) is 0 Å². The first kappa shape index (κ1) is 16.0. The van der Waals surface area contributed by atoms with Gasteiger partial charge in [0, 0.05) is 23.4 Å². The third kappa shape index (κ3) is 3.47. The molecule has 0 spiro atoms. The molecule has 0 saturated carbocycles. The number of alkyl halides is 3. The lowest BCUT2D eigenvalue weighted by atomic mass is 10.1. The number of nitrogens with zero attached hydrogens (tertiary/aromatic N) is 2. The Hall–Kier alpha value is -1.34. The van der Waals surface area contributed by atoms with Gasteiger partial charge in [-0.15, -0.1) is 0 Å². The standard InChI is InChI=1S/C14H14BrF3N2O/c1-2-6-20-7-5-19-13(20)12(21)9-3-4-11(15)10(8-9)14(16,17)18/h3-5,7-8,12,21H,2,6H2,1H3. The first-order chi connectivity index (χ1) is 9.84. The van der Waals surface area contributed by atoms with Gasteiger partial charge in [0.2, 0.25) is 0 Å². The largest absolute Gasteiger partial charge is 0.417 e. The van der Waals surface area contributed by atoms with E-state index in [4.69, 9.17) is 0 Å². The number of hydrogen-bond donors (Lipinski definition) is 1. The Morgan fingerprint density at radius 2 is 2.10 bits per heavy atom. The fourth-order valence-corrected chi connectivity index (χ4v) is 2.55. The maximum Gasteiger partial charge on any atom is 0.417 e. The van der Waals surface area contributed by atoms with Crippen molar-refractivity contribution in [2.75, 3.05) is 0 Å². The molecule has 114 valence electrons. The van der Waals surface area contributed by atoms with Crippen LogP contribution in [0.1, 0.15) is 36.4 Å². The smallest absolute Gasteiger partial charge is 0.380 e. The Balaban J connectivity index is 2.40. The normalized spacial score (nSPS) is 13.4. The van der Waals surface area contributed by atoms with E-state index in [-0.39, 0.29) is 10.0 Å². The van der Waals surface area contributed by atoms with Crippen LogP contribution in [0.5, 0.6) is 0 Å². The van der Waals surface area contributed by atoms with Crippen molar-refractivity contribution < 1.29 is 18.3 Å². The summed E-state index contributed by atoms with van der Waals surface area (Å²) in [6, 6.07) is 3.68. The maximum atomic E-state index is 12.9. The highest BCUT2D eigenvalue weighted by molar-refractivity contribution is 9.10. The minimum Gasteiger partial charge on any atom is -0.380 e. The van der Waals surface area contributed by atoms with Crippen LogP contribution in [0.2, 0.25) is 0 Å². The Morgan fingerprint density at radius 3 is 2.71 bits per heavy atom. The minimum atomic E-state index is -4.48. The van der Waals surface area contributed by atoms with Gasteiger partial charge < -0.3 is 9.67 Å². The number of halogens is 4. The number of benzene rings is 1. The second-order valence-corrected chi connectivity index (χ2v) is 5.47. The van der Waals surface area contributed by atoms with E-state index in [1.165, 1.54) is 18.3 Å². The molecule has 1 aromatic carbocycles. The Bertz CT molecular complexity index is 625. The number of aliphatic hydroxyl groups is 1. The molecule has 0 fully saturated rings. The fraction of sp³-hybridized carbons (Fsp3) is 0.357. The highest BCUT2D eigenvalue weighted by Crippen LogP contribution is 2.37. The molecule has 21 heavy (non-hydrogen) atoms. The van der Waals surface area contributed by atoms with Crippen LogP contribution in [-0.4, -0.2) is 14.7 Å². The van der Waals surface area contributed by atoms with E-state index in [2.05, 4.69) is 20.9 Å². The summed E-state index contributed by atoms with van der Waals surface area (Å²) in [5, 5.41) is 10.3. The van der Waals surface area contributed by atoms with E-state index >= 15 is 0 Å². The van der Waals surface area contributed by atoms with Crippen molar-refractivity contribution in [1.82, 2.24) is 9.55 Å². The van der Waals surface area contributed by atoms with Gasteiger partial charge in [0.15, 0.2) is 0 Å². The van der Waals surface area contributed by atoms with Crippen LogP contribution in [0.3, 0.4) is 0 Å². The van der Waals surface area contributed by atoms with Crippen molar-refractivity contribution in [3.8, 4) is 0 Å². The molecule has 1 unspecified atom stereocenters. The predicted molar refractivity (Wildman–Crippen MR) is 75.7 cm³/mol. The lowest BCUT2D eigenvalue weighted by Crippen LogP contribution is -2.12. The molecule has 0 bridgehead atoms. The molecule has 0 amide bonds. The van der Waals surface area contributed by atoms with E-state index in [0.717, 1.165) is 12.5 Å². The molecule has 2 aromatic rings. The molecule has 0 aliphatic rings. The summed E-state index contributed by atoms with van der Waals surface area (Å²) < 4.78 is 40.4. The van der Waals surface area contributed by atoms with Crippen LogP contribution in [0, 0.1) is 0 Å².